The highest BCUT2D eigenvalue weighted by atomic mass is 14.9. The zero-order valence-electron chi connectivity index (χ0n) is 30.2. The summed E-state index contributed by atoms with van der Waals surface area (Å²) < 4.78 is 0. The minimum atomic E-state index is 0.616. The number of nitrogens with zero attached hydrogens (tertiary/aromatic N) is 6. The average molecular weight is 717 g/mol. The number of benzene rings is 5. The van der Waals surface area contributed by atoms with Crippen molar-refractivity contribution in [2.24, 2.45) is 0 Å². The van der Waals surface area contributed by atoms with Crippen LogP contribution >= 0.6 is 0 Å². The number of rotatable bonds is 8. The van der Waals surface area contributed by atoms with Crippen LogP contribution in [0.2, 0.25) is 0 Å². The van der Waals surface area contributed by atoms with Crippen LogP contribution in [0.1, 0.15) is 5.56 Å². The van der Waals surface area contributed by atoms with Gasteiger partial charge in [-0.05, 0) is 76.3 Å². The maximum atomic E-state index is 9.29. The van der Waals surface area contributed by atoms with E-state index in [0.29, 0.717) is 11.4 Å². The Morgan fingerprint density at radius 3 is 1.36 bits per heavy atom. The van der Waals surface area contributed by atoms with Crippen LogP contribution in [-0.4, -0.2) is 24.9 Å². The van der Waals surface area contributed by atoms with Crippen molar-refractivity contribution in [3.05, 3.63) is 200 Å². The Bertz CT molecular complexity index is 2740. The van der Waals surface area contributed by atoms with Gasteiger partial charge in [0.15, 0.2) is 5.82 Å². The number of hydrogen-bond donors (Lipinski definition) is 0. The first kappa shape index (κ1) is 33.9. The van der Waals surface area contributed by atoms with Gasteiger partial charge in [0.2, 0.25) is 0 Å². The number of nitriles is 1. The zero-order valence-corrected chi connectivity index (χ0v) is 30.2. The van der Waals surface area contributed by atoms with Gasteiger partial charge in [-0.15, -0.1) is 0 Å². The molecule has 0 aliphatic carbocycles. The minimum Gasteiger partial charge on any atom is -0.255 e. The first-order chi connectivity index (χ1) is 27.7. The molecular weight excluding hydrogens is 685 g/mol. The van der Waals surface area contributed by atoms with Crippen LogP contribution in [0.3, 0.4) is 0 Å². The Kier molecular flexibility index (Phi) is 9.23. The van der Waals surface area contributed by atoms with Crippen molar-refractivity contribution in [1.29, 1.82) is 5.26 Å². The molecule has 4 heterocycles. The molecule has 0 amide bonds. The SMILES string of the molecule is N#Cc1ccc(-c2cc(-c3ccccn3)nc(-c3ccc(-c4ccc(-c5ccc(-c6cc(-c7ccccc7)nc(-c7ccccc7)n6)cc5)cc4)cn3)c2)cc1. The first-order valence-corrected chi connectivity index (χ1v) is 18.3. The lowest BCUT2D eigenvalue weighted by atomic mass is 9.99. The summed E-state index contributed by atoms with van der Waals surface area (Å²) in [4.78, 5) is 24.3. The van der Waals surface area contributed by atoms with Crippen molar-refractivity contribution in [2.45, 2.75) is 0 Å². The molecule has 4 aromatic heterocycles. The maximum absolute atomic E-state index is 9.29. The molecule has 0 atom stereocenters. The molecule has 56 heavy (non-hydrogen) atoms. The van der Waals surface area contributed by atoms with Crippen LogP contribution in [-0.2, 0) is 0 Å². The average Bonchev–Trinajstić information content (AvgIpc) is 3.30. The number of aromatic nitrogens is 5. The van der Waals surface area contributed by atoms with Gasteiger partial charge in [-0.1, -0.05) is 133 Å². The molecule has 6 nitrogen and oxygen atoms in total. The summed E-state index contributed by atoms with van der Waals surface area (Å²) in [7, 11) is 0. The van der Waals surface area contributed by atoms with E-state index in [1.54, 1.807) is 6.20 Å². The molecule has 0 saturated carbocycles. The zero-order chi connectivity index (χ0) is 37.7. The van der Waals surface area contributed by atoms with E-state index >= 15 is 0 Å². The van der Waals surface area contributed by atoms with Gasteiger partial charge in [-0.25, -0.2) is 15.0 Å². The molecule has 0 unspecified atom stereocenters. The summed E-state index contributed by atoms with van der Waals surface area (Å²) in [5, 5.41) is 9.29. The third kappa shape index (κ3) is 7.21. The third-order valence-electron chi connectivity index (χ3n) is 9.69. The van der Waals surface area contributed by atoms with Gasteiger partial charge in [-0.2, -0.15) is 5.26 Å². The fourth-order valence-electron chi connectivity index (χ4n) is 6.68. The van der Waals surface area contributed by atoms with Gasteiger partial charge in [0.25, 0.3) is 0 Å². The van der Waals surface area contributed by atoms with E-state index in [1.807, 2.05) is 115 Å². The van der Waals surface area contributed by atoms with Crippen molar-refractivity contribution < 1.29 is 0 Å². The number of hydrogen-bond acceptors (Lipinski definition) is 6. The third-order valence-corrected chi connectivity index (χ3v) is 9.69. The van der Waals surface area contributed by atoms with Crippen molar-refractivity contribution >= 4 is 0 Å². The number of pyridine rings is 3. The fourth-order valence-corrected chi connectivity index (χ4v) is 6.68. The van der Waals surface area contributed by atoms with Gasteiger partial charge >= 0.3 is 0 Å². The molecule has 0 radical (unpaired) electrons. The summed E-state index contributed by atoms with van der Waals surface area (Å²) in [5.74, 6) is 0.700. The van der Waals surface area contributed by atoms with Gasteiger partial charge < -0.3 is 0 Å². The topological polar surface area (TPSA) is 88.2 Å². The molecule has 9 aromatic rings. The van der Waals surface area contributed by atoms with Crippen LogP contribution < -0.4 is 0 Å². The highest BCUT2D eigenvalue weighted by molar-refractivity contribution is 5.78. The monoisotopic (exact) mass is 716 g/mol. The lowest BCUT2D eigenvalue weighted by molar-refractivity contribution is 1.18. The van der Waals surface area contributed by atoms with Crippen LogP contribution in [0.25, 0.3) is 90.1 Å². The fraction of sp³-hybridized carbons (Fsp3) is 0. The first-order valence-electron chi connectivity index (χ1n) is 18.3. The van der Waals surface area contributed by atoms with E-state index in [4.69, 9.17) is 19.9 Å². The van der Waals surface area contributed by atoms with E-state index in [1.165, 1.54) is 0 Å². The Hall–Kier alpha value is -7.88. The second-order valence-electron chi connectivity index (χ2n) is 13.3. The smallest absolute Gasteiger partial charge is 0.160 e. The van der Waals surface area contributed by atoms with E-state index in [2.05, 4.69) is 83.8 Å². The Balaban J connectivity index is 0.968. The predicted octanol–water partition coefficient (Wildman–Crippen LogP) is 11.9. The molecule has 0 bridgehead atoms. The lowest BCUT2D eigenvalue weighted by Gasteiger charge is -2.11. The van der Waals surface area contributed by atoms with Crippen LogP contribution in [0.5, 0.6) is 0 Å². The standard InChI is InChI=1S/C50H32N6/c51-32-34-14-16-38(17-15-34)43-29-48(44-13-7-8-28-52-44)54-49(30-43)45-27-26-42(33-53-45)37-20-18-35(19-21-37)36-22-24-40(25-23-36)47-31-46(39-9-3-1-4-10-39)55-50(56-47)41-11-5-2-6-12-41/h1-31,33H. The summed E-state index contributed by atoms with van der Waals surface area (Å²) >= 11 is 0. The molecule has 0 N–H and O–H groups in total. The van der Waals surface area contributed by atoms with Crippen LogP contribution in [0.15, 0.2) is 194 Å². The molecule has 262 valence electrons. The van der Waals surface area contributed by atoms with Crippen molar-refractivity contribution in [1.82, 2.24) is 24.9 Å². The van der Waals surface area contributed by atoms with Gasteiger partial charge in [-0.3, -0.25) is 9.97 Å². The molecule has 0 aliphatic heterocycles. The Morgan fingerprint density at radius 2 is 0.804 bits per heavy atom. The van der Waals surface area contributed by atoms with Gasteiger partial charge in [0, 0.05) is 34.6 Å². The second kappa shape index (κ2) is 15.2. The molecule has 0 aliphatic rings. The lowest BCUT2D eigenvalue weighted by Crippen LogP contribution is -1.95. The van der Waals surface area contributed by atoms with Crippen LogP contribution in [0, 0.1) is 11.3 Å². The minimum absolute atomic E-state index is 0.616. The largest absolute Gasteiger partial charge is 0.255 e. The van der Waals surface area contributed by atoms with E-state index < -0.39 is 0 Å². The van der Waals surface area contributed by atoms with Crippen molar-refractivity contribution in [2.75, 3.05) is 0 Å². The van der Waals surface area contributed by atoms with E-state index in [-0.39, 0.29) is 0 Å². The normalized spacial score (nSPS) is 10.8. The Labute approximate surface area is 325 Å². The van der Waals surface area contributed by atoms with Crippen molar-refractivity contribution in [3.8, 4) is 96.1 Å². The molecule has 5 aromatic carbocycles. The quantitative estimate of drug-likeness (QED) is 0.156. The molecule has 0 saturated heterocycles. The van der Waals surface area contributed by atoms with Crippen LogP contribution in [0.4, 0.5) is 0 Å². The van der Waals surface area contributed by atoms with E-state index in [9.17, 15) is 5.26 Å². The molecule has 0 spiro atoms. The second-order valence-corrected chi connectivity index (χ2v) is 13.3. The molecule has 6 heteroatoms. The molecular formula is C50H32N6. The highest BCUT2D eigenvalue weighted by Gasteiger charge is 2.13. The molecule has 9 rings (SSSR count). The van der Waals surface area contributed by atoms with Gasteiger partial charge in [0.1, 0.15) is 0 Å². The summed E-state index contributed by atoms with van der Waals surface area (Å²) in [6.45, 7) is 0. The maximum Gasteiger partial charge on any atom is 0.160 e. The summed E-state index contributed by atoms with van der Waals surface area (Å²) in [6, 6.07) is 63.2. The van der Waals surface area contributed by atoms with Gasteiger partial charge in [0.05, 0.1) is 45.8 Å². The van der Waals surface area contributed by atoms with E-state index in [0.717, 1.165) is 84.2 Å². The Morgan fingerprint density at radius 1 is 0.321 bits per heavy atom. The predicted molar refractivity (Wildman–Crippen MR) is 224 cm³/mol. The molecule has 0 fully saturated rings. The summed E-state index contributed by atoms with van der Waals surface area (Å²) in [6.07, 6.45) is 3.66. The summed E-state index contributed by atoms with van der Waals surface area (Å²) in [5.41, 5.74) is 14.7. The highest BCUT2D eigenvalue weighted by Crippen LogP contribution is 2.32. The van der Waals surface area contributed by atoms with Crippen molar-refractivity contribution in [3.63, 3.8) is 0 Å².